The monoisotopic (exact) mass is 275 g/mol. The van der Waals surface area contributed by atoms with Crippen LogP contribution in [0.15, 0.2) is 0 Å². The Bertz CT molecular complexity index is 399. The molecule has 0 heterocycles. The summed E-state index contributed by atoms with van der Waals surface area (Å²) >= 11 is 0. The summed E-state index contributed by atoms with van der Waals surface area (Å²) in [5.41, 5.74) is 7.68. The van der Waals surface area contributed by atoms with E-state index in [1.165, 1.54) is 38.5 Å². The summed E-state index contributed by atoms with van der Waals surface area (Å²) in [5.74, 6) is 5.11. The molecule has 4 fully saturated rings. The highest BCUT2D eigenvalue weighted by atomic mass is 14.8. The molecule has 0 aromatic carbocycles. The van der Waals surface area contributed by atoms with Crippen molar-refractivity contribution < 1.29 is 0 Å². The molecule has 0 spiro atoms. The van der Waals surface area contributed by atoms with E-state index in [1.54, 1.807) is 12.8 Å². The lowest BCUT2D eigenvalue weighted by molar-refractivity contribution is -0.192. The van der Waals surface area contributed by atoms with Crippen LogP contribution in [-0.4, -0.2) is 6.04 Å². The third kappa shape index (κ3) is 1.59. The molecule has 4 aliphatic rings. The van der Waals surface area contributed by atoms with E-state index in [-0.39, 0.29) is 0 Å². The lowest BCUT2D eigenvalue weighted by Crippen LogP contribution is -2.63. The van der Waals surface area contributed by atoms with Crippen LogP contribution in [0.4, 0.5) is 0 Å². The minimum atomic E-state index is 0.398. The standard InChI is InChI=1S/C19H33N/c1-4-14-9-19(12(2)20)10-15-6-5-13-7-16(14)18(3,11-19)17(15)8-13/h12-17H,4-11,20H2,1-3H3. The molecule has 4 rings (SSSR count). The van der Waals surface area contributed by atoms with Crippen LogP contribution in [0.25, 0.3) is 0 Å². The zero-order chi connectivity index (χ0) is 14.1. The fourth-order valence-electron chi connectivity index (χ4n) is 7.62. The van der Waals surface area contributed by atoms with Crippen LogP contribution in [0.2, 0.25) is 0 Å². The first-order chi connectivity index (χ1) is 9.48. The smallest absolute Gasteiger partial charge is 0.00674 e. The highest BCUT2D eigenvalue weighted by Crippen LogP contribution is 2.71. The highest BCUT2D eigenvalue weighted by Gasteiger charge is 2.63. The molecule has 4 aliphatic carbocycles. The summed E-state index contributed by atoms with van der Waals surface area (Å²) < 4.78 is 0. The molecule has 0 aromatic rings. The maximum atomic E-state index is 6.56. The lowest BCUT2D eigenvalue weighted by Gasteiger charge is -2.69. The molecule has 8 atom stereocenters. The van der Waals surface area contributed by atoms with E-state index < -0.39 is 0 Å². The minimum Gasteiger partial charge on any atom is -0.327 e. The van der Waals surface area contributed by atoms with Gasteiger partial charge in [0.25, 0.3) is 0 Å². The molecule has 8 unspecified atom stereocenters. The normalized spacial score (nSPS) is 58.5. The van der Waals surface area contributed by atoms with Gasteiger partial charge in [-0.1, -0.05) is 26.7 Å². The van der Waals surface area contributed by atoms with E-state index in [2.05, 4.69) is 20.8 Å². The van der Waals surface area contributed by atoms with E-state index >= 15 is 0 Å². The van der Waals surface area contributed by atoms with Crippen molar-refractivity contribution in [2.75, 3.05) is 0 Å². The van der Waals surface area contributed by atoms with Crippen molar-refractivity contribution >= 4 is 0 Å². The van der Waals surface area contributed by atoms with Gasteiger partial charge in [0, 0.05) is 6.04 Å². The second kappa shape index (κ2) is 4.24. The second-order valence-electron chi connectivity index (χ2n) is 9.30. The Kier molecular flexibility index (Phi) is 2.89. The Morgan fingerprint density at radius 2 is 1.90 bits per heavy atom. The molecule has 1 nitrogen and oxygen atoms in total. The summed E-state index contributed by atoms with van der Waals surface area (Å²) in [6, 6.07) is 0.398. The summed E-state index contributed by atoms with van der Waals surface area (Å²) in [6.45, 7) is 7.42. The average Bonchev–Trinajstić information content (AvgIpc) is 2.43. The van der Waals surface area contributed by atoms with Crippen molar-refractivity contribution in [3.8, 4) is 0 Å². The van der Waals surface area contributed by atoms with Crippen LogP contribution < -0.4 is 5.73 Å². The third-order valence-electron chi connectivity index (χ3n) is 8.51. The molecule has 2 N–H and O–H groups in total. The summed E-state index contributed by atoms with van der Waals surface area (Å²) in [7, 11) is 0. The second-order valence-corrected chi connectivity index (χ2v) is 9.30. The SMILES string of the molecule is CCC1CC2(C(C)N)CC3CCC4CC1C(C)(C2)C3C4. The van der Waals surface area contributed by atoms with Crippen molar-refractivity contribution in [3.05, 3.63) is 0 Å². The highest BCUT2D eigenvalue weighted by molar-refractivity contribution is 5.14. The Hall–Kier alpha value is -0.0400. The molecule has 0 aliphatic heterocycles. The molecule has 114 valence electrons. The first kappa shape index (κ1) is 13.6. The number of hydrogen-bond acceptors (Lipinski definition) is 1. The van der Waals surface area contributed by atoms with E-state index in [4.69, 9.17) is 5.73 Å². The van der Waals surface area contributed by atoms with Crippen molar-refractivity contribution in [1.82, 2.24) is 0 Å². The fourth-order valence-corrected chi connectivity index (χ4v) is 7.62. The Morgan fingerprint density at radius 1 is 1.15 bits per heavy atom. The van der Waals surface area contributed by atoms with Crippen molar-refractivity contribution in [2.24, 2.45) is 46.2 Å². The summed E-state index contributed by atoms with van der Waals surface area (Å²) in [4.78, 5) is 0. The van der Waals surface area contributed by atoms with Crippen LogP contribution in [0.3, 0.4) is 0 Å². The molecule has 4 saturated carbocycles. The largest absolute Gasteiger partial charge is 0.327 e. The predicted octanol–water partition coefficient (Wildman–Crippen LogP) is 4.60. The summed E-state index contributed by atoms with van der Waals surface area (Å²) in [5, 5.41) is 0. The van der Waals surface area contributed by atoms with Crippen LogP contribution in [-0.2, 0) is 0 Å². The molecular weight excluding hydrogens is 242 g/mol. The number of hydrogen-bond donors (Lipinski definition) is 1. The first-order valence-electron chi connectivity index (χ1n) is 9.24. The summed E-state index contributed by atoms with van der Waals surface area (Å²) in [6.07, 6.45) is 11.9. The van der Waals surface area contributed by atoms with Gasteiger partial charge in [-0.15, -0.1) is 0 Å². The van der Waals surface area contributed by atoms with Gasteiger partial charge < -0.3 is 5.73 Å². The van der Waals surface area contributed by atoms with Gasteiger partial charge in [-0.2, -0.15) is 0 Å². The first-order valence-corrected chi connectivity index (χ1v) is 9.24. The van der Waals surface area contributed by atoms with Crippen molar-refractivity contribution in [3.63, 3.8) is 0 Å². The van der Waals surface area contributed by atoms with Gasteiger partial charge in [0.2, 0.25) is 0 Å². The molecule has 20 heavy (non-hydrogen) atoms. The molecule has 0 amide bonds. The van der Waals surface area contributed by atoms with E-state index in [9.17, 15) is 0 Å². The van der Waals surface area contributed by atoms with Gasteiger partial charge in [0.15, 0.2) is 0 Å². The van der Waals surface area contributed by atoms with Gasteiger partial charge in [0.1, 0.15) is 0 Å². The number of nitrogens with two attached hydrogens (primary N) is 1. The average molecular weight is 275 g/mol. The zero-order valence-electron chi connectivity index (χ0n) is 13.7. The maximum Gasteiger partial charge on any atom is 0.00674 e. The quantitative estimate of drug-likeness (QED) is 0.783. The van der Waals surface area contributed by atoms with Gasteiger partial charge in [-0.25, -0.2) is 0 Å². The maximum absolute atomic E-state index is 6.56. The van der Waals surface area contributed by atoms with Gasteiger partial charge in [0.05, 0.1) is 0 Å². The molecule has 4 bridgehead atoms. The van der Waals surface area contributed by atoms with Crippen LogP contribution in [0.1, 0.15) is 72.1 Å². The number of rotatable bonds is 2. The fraction of sp³-hybridized carbons (Fsp3) is 1.00. The van der Waals surface area contributed by atoms with Crippen LogP contribution in [0, 0.1) is 40.4 Å². The Labute approximate surface area is 125 Å². The van der Waals surface area contributed by atoms with Gasteiger partial charge >= 0.3 is 0 Å². The Morgan fingerprint density at radius 3 is 2.60 bits per heavy atom. The van der Waals surface area contributed by atoms with Crippen LogP contribution >= 0.6 is 0 Å². The third-order valence-corrected chi connectivity index (χ3v) is 8.51. The van der Waals surface area contributed by atoms with Crippen LogP contribution in [0.5, 0.6) is 0 Å². The van der Waals surface area contributed by atoms with Crippen molar-refractivity contribution in [2.45, 2.75) is 78.2 Å². The molecular formula is C19H33N. The molecule has 0 aromatic heterocycles. The van der Waals surface area contributed by atoms with Gasteiger partial charge in [-0.3, -0.25) is 0 Å². The predicted molar refractivity (Wildman–Crippen MR) is 84.2 cm³/mol. The minimum absolute atomic E-state index is 0.398. The van der Waals surface area contributed by atoms with Crippen molar-refractivity contribution in [1.29, 1.82) is 0 Å². The van der Waals surface area contributed by atoms with Gasteiger partial charge in [-0.05, 0) is 85.9 Å². The van der Waals surface area contributed by atoms with E-state index in [0.29, 0.717) is 16.9 Å². The number of fused-ring (bicyclic) bond motifs is 2. The van der Waals surface area contributed by atoms with E-state index in [0.717, 1.165) is 29.6 Å². The lowest BCUT2D eigenvalue weighted by atomic mass is 9.36. The molecule has 0 saturated heterocycles. The zero-order valence-corrected chi connectivity index (χ0v) is 13.7. The molecule has 1 heteroatoms. The Balaban J connectivity index is 1.80. The molecule has 0 radical (unpaired) electrons. The topological polar surface area (TPSA) is 26.0 Å². The van der Waals surface area contributed by atoms with E-state index in [1.807, 2.05) is 0 Å².